The van der Waals surface area contributed by atoms with Crippen LogP contribution < -0.4 is 9.80 Å². The molecule has 0 aliphatic rings. The van der Waals surface area contributed by atoms with E-state index in [4.69, 9.17) is 8.83 Å². The van der Waals surface area contributed by atoms with Crippen molar-refractivity contribution in [3.8, 4) is 22.3 Å². The fraction of sp³-hybridized carbons (Fsp3) is 0. The van der Waals surface area contributed by atoms with Crippen LogP contribution in [0, 0.1) is 0 Å². The fourth-order valence-electron chi connectivity index (χ4n) is 12.2. The molecule has 14 aromatic carbocycles. The first-order chi connectivity index (χ1) is 35.7. The summed E-state index contributed by atoms with van der Waals surface area (Å²) in [5, 5.41) is 16.3. The van der Waals surface area contributed by atoms with E-state index in [1.54, 1.807) is 0 Å². The largest absolute Gasteiger partial charge is 0.454 e. The summed E-state index contributed by atoms with van der Waals surface area (Å²) in [6, 6.07) is 88.1. The van der Waals surface area contributed by atoms with Crippen molar-refractivity contribution < 1.29 is 8.83 Å². The molecule has 0 N–H and O–H groups in total. The van der Waals surface area contributed by atoms with E-state index < -0.39 is 0 Å². The van der Waals surface area contributed by atoms with Crippen LogP contribution >= 0.6 is 0 Å². The topological polar surface area (TPSA) is 32.8 Å². The Bertz CT molecular complexity index is 4460. The lowest BCUT2D eigenvalue weighted by Gasteiger charge is -2.31. The number of hydrogen-bond donors (Lipinski definition) is 0. The van der Waals surface area contributed by atoms with Crippen LogP contribution in [0.3, 0.4) is 0 Å². The molecular weight excluding hydrogens is 877 g/mol. The minimum absolute atomic E-state index is 0.869. The molecule has 0 aliphatic heterocycles. The average molecular weight is 917 g/mol. The van der Waals surface area contributed by atoms with Gasteiger partial charge in [-0.05, 0) is 103 Å². The monoisotopic (exact) mass is 916 g/mol. The van der Waals surface area contributed by atoms with Crippen molar-refractivity contribution in [1.82, 2.24) is 0 Å². The highest BCUT2D eigenvalue weighted by molar-refractivity contribution is 6.31. The molecule has 0 aliphatic carbocycles. The summed E-state index contributed by atoms with van der Waals surface area (Å²) in [5.74, 6) is 0. The molecule has 0 spiro atoms. The summed E-state index contributed by atoms with van der Waals surface area (Å²) >= 11 is 0. The van der Waals surface area contributed by atoms with Crippen LogP contribution in [0.1, 0.15) is 0 Å². The van der Waals surface area contributed by atoms with Gasteiger partial charge in [0.25, 0.3) is 0 Å². The summed E-state index contributed by atoms with van der Waals surface area (Å²) < 4.78 is 14.0. The van der Waals surface area contributed by atoms with Gasteiger partial charge in [0, 0.05) is 43.4 Å². The van der Waals surface area contributed by atoms with Crippen molar-refractivity contribution in [3.63, 3.8) is 0 Å². The van der Waals surface area contributed by atoms with E-state index >= 15 is 0 Å². The van der Waals surface area contributed by atoms with Gasteiger partial charge < -0.3 is 18.6 Å². The first-order valence-electron chi connectivity index (χ1n) is 24.7. The van der Waals surface area contributed by atoms with Gasteiger partial charge in [0.1, 0.15) is 11.2 Å². The molecular formula is C68H40N2O2. The van der Waals surface area contributed by atoms with Gasteiger partial charge in [-0.1, -0.05) is 194 Å². The summed E-state index contributed by atoms with van der Waals surface area (Å²) in [7, 11) is 0. The molecule has 334 valence electrons. The van der Waals surface area contributed by atoms with E-state index in [0.717, 1.165) is 122 Å². The van der Waals surface area contributed by atoms with Crippen molar-refractivity contribution in [2.75, 3.05) is 9.80 Å². The SMILES string of the molecule is c1ccc(-c2ccccc2N(c2ccc3ccc4c(N(c5ccccc5-c5ccccc5)c5ccc6ccc7cccc8oc5c6c78)ccc5ccc2c3c54)c2ccc3ccc4cccc5oc2c3c45)cc1. The van der Waals surface area contributed by atoms with Gasteiger partial charge in [-0.3, -0.25) is 0 Å². The third-order valence-corrected chi connectivity index (χ3v) is 15.3. The van der Waals surface area contributed by atoms with Crippen molar-refractivity contribution in [3.05, 3.63) is 243 Å². The molecule has 0 unspecified atom stereocenters. The zero-order valence-corrected chi connectivity index (χ0v) is 38.8. The predicted octanol–water partition coefficient (Wildman–Crippen LogP) is 19.8. The molecule has 0 saturated heterocycles. The Morgan fingerprint density at radius 1 is 0.222 bits per heavy atom. The lowest BCUT2D eigenvalue weighted by Crippen LogP contribution is -2.13. The molecule has 0 saturated carbocycles. The maximum Gasteiger partial charge on any atom is 0.160 e. The number of benzene rings is 14. The van der Waals surface area contributed by atoms with Crippen LogP contribution in [0.4, 0.5) is 34.1 Å². The van der Waals surface area contributed by atoms with Crippen LogP contribution in [-0.4, -0.2) is 0 Å². The molecule has 4 nitrogen and oxygen atoms in total. The summed E-state index contributed by atoms with van der Waals surface area (Å²) in [6.07, 6.45) is 0. The molecule has 0 bridgehead atoms. The molecule has 0 amide bonds. The van der Waals surface area contributed by atoms with E-state index in [1.165, 1.54) is 32.3 Å². The van der Waals surface area contributed by atoms with Crippen LogP contribution in [0.15, 0.2) is 251 Å². The first-order valence-corrected chi connectivity index (χ1v) is 24.7. The zero-order chi connectivity index (χ0) is 47.0. The zero-order valence-electron chi connectivity index (χ0n) is 38.8. The van der Waals surface area contributed by atoms with Gasteiger partial charge in [0.2, 0.25) is 0 Å². The molecule has 2 aromatic heterocycles. The Balaban J connectivity index is 0.991. The minimum Gasteiger partial charge on any atom is -0.454 e. The van der Waals surface area contributed by atoms with Gasteiger partial charge in [-0.25, -0.2) is 0 Å². The third-order valence-electron chi connectivity index (χ3n) is 15.3. The molecule has 0 radical (unpaired) electrons. The third kappa shape index (κ3) is 5.52. The van der Waals surface area contributed by atoms with Crippen molar-refractivity contribution in [1.29, 1.82) is 0 Å². The molecule has 2 heterocycles. The number of para-hydroxylation sites is 2. The van der Waals surface area contributed by atoms with E-state index in [2.05, 4.69) is 252 Å². The molecule has 16 rings (SSSR count). The number of rotatable bonds is 8. The predicted molar refractivity (Wildman–Crippen MR) is 302 cm³/mol. The van der Waals surface area contributed by atoms with Gasteiger partial charge >= 0.3 is 0 Å². The van der Waals surface area contributed by atoms with Gasteiger partial charge in [0.05, 0.1) is 34.1 Å². The molecule has 0 fully saturated rings. The average Bonchev–Trinajstić information content (AvgIpc) is 4.05. The van der Waals surface area contributed by atoms with E-state index in [0.29, 0.717) is 0 Å². The lowest BCUT2D eigenvalue weighted by molar-refractivity contribution is 0.669. The highest BCUT2D eigenvalue weighted by atomic mass is 16.3. The second-order valence-electron chi connectivity index (χ2n) is 19.1. The Hall–Kier alpha value is -9.64. The van der Waals surface area contributed by atoms with Gasteiger partial charge in [-0.2, -0.15) is 0 Å². The normalized spacial score (nSPS) is 12.2. The Kier molecular flexibility index (Phi) is 8.14. The highest BCUT2D eigenvalue weighted by Crippen LogP contribution is 2.54. The first kappa shape index (κ1) is 39.2. The maximum absolute atomic E-state index is 7.02. The number of hydrogen-bond acceptors (Lipinski definition) is 4. The smallest absolute Gasteiger partial charge is 0.160 e. The van der Waals surface area contributed by atoms with Crippen LogP contribution in [0.2, 0.25) is 0 Å². The van der Waals surface area contributed by atoms with E-state index in [1.807, 2.05) is 0 Å². The molecule has 4 heteroatoms. The van der Waals surface area contributed by atoms with Crippen LogP contribution in [0.25, 0.3) is 120 Å². The van der Waals surface area contributed by atoms with Crippen molar-refractivity contribution >= 4 is 132 Å². The fourth-order valence-corrected chi connectivity index (χ4v) is 12.2. The minimum atomic E-state index is 0.869. The van der Waals surface area contributed by atoms with Crippen LogP contribution in [0.5, 0.6) is 0 Å². The maximum atomic E-state index is 7.02. The summed E-state index contributed by atoms with van der Waals surface area (Å²) in [5.41, 5.74) is 14.3. The number of furan rings is 2. The lowest BCUT2D eigenvalue weighted by atomic mass is 9.91. The number of nitrogens with zero attached hydrogens (tertiary/aromatic N) is 2. The Morgan fingerprint density at radius 2 is 0.569 bits per heavy atom. The van der Waals surface area contributed by atoms with Crippen molar-refractivity contribution in [2.24, 2.45) is 0 Å². The van der Waals surface area contributed by atoms with E-state index in [9.17, 15) is 0 Å². The summed E-state index contributed by atoms with van der Waals surface area (Å²) in [6.45, 7) is 0. The second-order valence-corrected chi connectivity index (χ2v) is 19.1. The standard InChI is InChI=1S/C68H40N2O2/c1-3-13-41(14-4-1)49-19-7-9-21-53(49)69(57-39-33-47-27-25-43-17-11-23-59-63(43)65(47)67(57)71-59)55-37-31-45-30-36-52-56(38-32-46-29-35-51(55)61(45)62(46)52)70(54-22-10-8-20-50(54)42-15-5-2-6-16-42)58-40-34-48-28-26-44-18-12-24-60-64(44)66(48)68(58)72-60/h1-40H. The second kappa shape index (κ2) is 14.9. The number of anilines is 6. The van der Waals surface area contributed by atoms with Crippen molar-refractivity contribution in [2.45, 2.75) is 0 Å². The molecule has 72 heavy (non-hydrogen) atoms. The Morgan fingerprint density at radius 3 is 1.01 bits per heavy atom. The summed E-state index contributed by atoms with van der Waals surface area (Å²) in [4.78, 5) is 4.90. The van der Waals surface area contributed by atoms with Crippen LogP contribution in [-0.2, 0) is 0 Å². The molecule has 0 atom stereocenters. The van der Waals surface area contributed by atoms with E-state index in [-0.39, 0.29) is 0 Å². The van der Waals surface area contributed by atoms with Gasteiger partial charge in [-0.15, -0.1) is 0 Å². The Labute approximate surface area is 413 Å². The van der Waals surface area contributed by atoms with Gasteiger partial charge in [0.15, 0.2) is 11.2 Å². The highest BCUT2D eigenvalue weighted by Gasteiger charge is 2.29. The quantitative estimate of drug-likeness (QED) is 0.142. The molecule has 16 aromatic rings.